The van der Waals surface area contributed by atoms with Crippen LogP contribution in [-0.4, -0.2) is 139 Å². The van der Waals surface area contributed by atoms with E-state index in [1.165, 1.54) is 10.6 Å². The molecule has 0 saturated heterocycles. The van der Waals surface area contributed by atoms with Gasteiger partial charge in [-0.1, -0.05) is 57.5 Å². The topological polar surface area (TPSA) is 365 Å². The zero-order valence-electron chi connectivity index (χ0n) is 47.4. The predicted octanol–water partition coefficient (Wildman–Crippen LogP) is 0.766. The number of rotatable bonds is 26. The van der Waals surface area contributed by atoms with Crippen molar-refractivity contribution in [2.75, 3.05) is 32.7 Å². The van der Waals surface area contributed by atoms with Crippen molar-refractivity contribution >= 4 is 76.0 Å². The van der Waals surface area contributed by atoms with Crippen LogP contribution in [0.15, 0.2) is 59.4 Å². The fourth-order valence-electron chi connectivity index (χ4n) is 11.1. The lowest BCUT2D eigenvalue weighted by molar-refractivity contribution is -0.172. The number of unbranched alkanes of at least 4 members (excludes halogenated alkanes) is 2. The van der Waals surface area contributed by atoms with Gasteiger partial charge >= 0.3 is 11.9 Å². The lowest BCUT2D eigenvalue weighted by Gasteiger charge is -2.34. The molecule has 0 spiro atoms. The van der Waals surface area contributed by atoms with Gasteiger partial charge in [0.2, 0.25) is 41.4 Å². The van der Waals surface area contributed by atoms with E-state index < -0.39 is 132 Å². The number of primary amides is 1. The molecule has 0 radical (unpaired) electrons. The number of hydrogen-bond acceptors (Lipinski definition) is 15. The number of nitrogens with zero attached hydrogens (tertiary/aromatic N) is 4. The number of amides is 9. The number of hydrogen-bond donors (Lipinski definition) is 8. The number of aliphatic hydroxyl groups is 1. The zero-order valence-corrected chi connectivity index (χ0v) is 47.4. The molecule has 85 heavy (non-hydrogen) atoms. The number of aliphatic carboxylic acids is 1. The third kappa shape index (κ3) is 13.6. The lowest BCUT2D eigenvalue weighted by Crippen LogP contribution is -2.54. The number of halogens is 1. The van der Waals surface area contributed by atoms with Gasteiger partial charge in [-0.25, -0.2) is 14.2 Å². The molecule has 0 fully saturated rings. The lowest BCUT2D eigenvalue weighted by atomic mass is 9.80. The smallest absolute Gasteiger partial charge is 0.343 e. The molecule has 9 N–H and O–H groups in total. The van der Waals surface area contributed by atoms with E-state index in [-0.39, 0.29) is 68.6 Å². The number of carbonyl (C=O) groups is 11. The van der Waals surface area contributed by atoms with E-state index in [0.29, 0.717) is 76.7 Å². The molecular formula is C59H67FN10O15. The van der Waals surface area contributed by atoms with Gasteiger partial charge in [-0.2, -0.15) is 0 Å². The summed E-state index contributed by atoms with van der Waals surface area (Å²) in [5.74, 6) is -9.21. The molecule has 0 unspecified atom stereocenters. The summed E-state index contributed by atoms with van der Waals surface area (Å²) in [6, 6.07) is 7.79. The largest absolute Gasteiger partial charge is 0.481 e. The van der Waals surface area contributed by atoms with E-state index in [2.05, 4.69) is 26.6 Å². The molecule has 3 aliphatic heterocycles. The molecule has 8 rings (SSSR count). The Labute approximate surface area is 486 Å². The molecule has 5 heterocycles. The number of carbonyl (C=O) groups excluding carboxylic acids is 10. The minimum absolute atomic E-state index is 0.00756. The molecule has 4 aromatic rings. The van der Waals surface area contributed by atoms with Gasteiger partial charge in [0.15, 0.2) is 5.60 Å². The van der Waals surface area contributed by atoms with Crippen LogP contribution in [0.25, 0.3) is 22.3 Å². The van der Waals surface area contributed by atoms with Crippen LogP contribution in [0.1, 0.15) is 117 Å². The molecule has 2 aromatic carbocycles. The summed E-state index contributed by atoms with van der Waals surface area (Å²) in [4.78, 5) is 163. The Morgan fingerprint density at radius 3 is 2.28 bits per heavy atom. The van der Waals surface area contributed by atoms with Crippen molar-refractivity contribution in [3.63, 3.8) is 0 Å². The van der Waals surface area contributed by atoms with E-state index >= 15 is 4.39 Å². The van der Waals surface area contributed by atoms with Crippen molar-refractivity contribution in [3.05, 3.63) is 110 Å². The Hall–Kier alpha value is -9.20. The summed E-state index contributed by atoms with van der Waals surface area (Å²) in [5.41, 5.74) is 5.82. The number of carboxylic acid groups (broad SMARTS) is 1. The molecule has 26 heteroatoms. The number of benzene rings is 2. The fraction of sp³-hybridized carbons (Fsp3) is 0.441. The number of aryl methyl sites for hydroxylation is 1. The Bertz CT molecular complexity index is 3510. The molecule has 4 aliphatic rings. The van der Waals surface area contributed by atoms with Gasteiger partial charge in [0.05, 0.1) is 61.1 Å². The Morgan fingerprint density at radius 2 is 1.60 bits per heavy atom. The van der Waals surface area contributed by atoms with Gasteiger partial charge in [0.1, 0.15) is 24.5 Å². The maximum Gasteiger partial charge on any atom is 0.343 e. The number of imide groups is 1. The average molecular weight is 1180 g/mol. The summed E-state index contributed by atoms with van der Waals surface area (Å²) in [6.07, 6.45) is 2.99. The van der Waals surface area contributed by atoms with Crippen LogP contribution < -0.4 is 37.9 Å². The normalized spacial score (nSPS) is 17.2. The fourth-order valence-corrected chi connectivity index (χ4v) is 11.1. The number of cyclic esters (lactones) is 1. The van der Waals surface area contributed by atoms with Crippen LogP contribution in [0.5, 0.6) is 0 Å². The first-order chi connectivity index (χ1) is 40.3. The van der Waals surface area contributed by atoms with Crippen LogP contribution >= 0.6 is 0 Å². The molecule has 0 bridgehead atoms. The Kier molecular flexibility index (Phi) is 18.7. The van der Waals surface area contributed by atoms with Crippen LogP contribution in [0.3, 0.4) is 0 Å². The van der Waals surface area contributed by atoms with Crippen LogP contribution in [0, 0.1) is 18.2 Å². The summed E-state index contributed by atoms with van der Waals surface area (Å²) in [6.45, 7) is 4.06. The van der Waals surface area contributed by atoms with Crippen molar-refractivity contribution in [3.8, 4) is 11.4 Å². The number of esters is 1. The van der Waals surface area contributed by atoms with Gasteiger partial charge in [-0.05, 0) is 73.8 Å². The minimum atomic E-state index is -2.09. The quantitative estimate of drug-likeness (QED) is 0.0215. The molecule has 2 aromatic heterocycles. The summed E-state index contributed by atoms with van der Waals surface area (Å²) in [7, 11) is 0. The Morgan fingerprint density at radius 1 is 0.906 bits per heavy atom. The molecular weight excluding hydrogens is 1110 g/mol. The maximum absolute atomic E-state index is 15.6. The summed E-state index contributed by atoms with van der Waals surface area (Å²) < 4.78 is 22.3. The van der Waals surface area contributed by atoms with Crippen molar-refractivity contribution in [2.45, 2.75) is 129 Å². The van der Waals surface area contributed by atoms with Gasteiger partial charge < -0.3 is 56.7 Å². The van der Waals surface area contributed by atoms with Crippen molar-refractivity contribution in [2.24, 2.45) is 11.1 Å². The highest BCUT2D eigenvalue weighted by atomic mass is 19.1. The average Bonchev–Trinajstić information content (AvgIpc) is 1.67. The third-order valence-corrected chi connectivity index (χ3v) is 16.0. The number of nitrogens with one attached hydrogen (secondary N) is 5. The highest BCUT2D eigenvalue weighted by Gasteiger charge is 2.46. The number of fused-ring (bicyclic) bond motifs is 5. The number of aromatic nitrogens is 2. The van der Waals surface area contributed by atoms with Crippen LogP contribution in [-0.2, 0) is 89.1 Å². The summed E-state index contributed by atoms with van der Waals surface area (Å²) in [5, 5.41) is 34.2. The Balaban J connectivity index is 0.910. The van der Waals surface area contributed by atoms with E-state index in [1.807, 2.05) is 0 Å². The molecule has 4 atom stereocenters. The van der Waals surface area contributed by atoms with E-state index in [4.69, 9.17) is 15.5 Å². The zero-order chi connectivity index (χ0) is 61.7. The van der Waals surface area contributed by atoms with Gasteiger partial charge in [0.25, 0.3) is 17.4 Å². The van der Waals surface area contributed by atoms with Crippen molar-refractivity contribution < 1.29 is 72.1 Å². The van der Waals surface area contributed by atoms with Crippen LogP contribution in [0.4, 0.5) is 4.39 Å². The second-order valence-corrected chi connectivity index (χ2v) is 22.2. The highest BCUT2D eigenvalue weighted by Crippen LogP contribution is 2.46. The molecule has 25 nitrogen and oxygen atoms in total. The maximum atomic E-state index is 15.6. The first kappa shape index (κ1) is 61.9. The van der Waals surface area contributed by atoms with Gasteiger partial charge in [-0.15, -0.1) is 0 Å². The SMILES string of the molecule is CC[C@@]1(O)C(=O)OCc2c1cc1n(c2=O)Cc2c-1nc1cc(F)c(C)c3c1c2[C@@H](NC(=O)C(C)(C)CCN(CC(N)=O)C(=O)[C@H](Cc1ccccc1)NC(=O)CNC(=O)CNC(=O)[C@H](CC(=O)O)NC(=O)CCCCCN1C(=O)C=CC1=O)CC3. The second-order valence-electron chi connectivity index (χ2n) is 22.2. The summed E-state index contributed by atoms with van der Waals surface area (Å²) >= 11 is 0. The highest BCUT2D eigenvalue weighted by molar-refractivity contribution is 6.12. The van der Waals surface area contributed by atoms with Gasteiger partial charge in [-0.3, -0.25) is 57.6 Å². The molecule has 1 aliphatic carbocycles. The molecule has 9 amide bonds. The molecule has 450 valence electrons. The van der Waals surface area contributed by atoms with E-state index in [1.54, 1.807) is 64.1 Å². The molecule has 0 saturated carbocycles. The van der Waals surface area contributed by atoms with Crippen molar-refractivity contribution in [1.82, 2.24) is 45.9 Å². The number of ether oxygens (including phenoxy) is 1. The van der Waals surface area contributed by atoms with E-state index in [0.717, 1.165) is 22.0 Å². The van der Waals surface area contributed by atoms with Crippen molar-refractivity contribution in [1.29, 1.82) is 0 Å². The third-order valence-electron chi connectivity index (χ3n) is 16.0. The number of pyridine rings is 2. The predicted molar refractivity (Wildman–Crippen MR) is 299 cm³/mol. The first-order valence-electron chi connectivity index (χ1n) is 27.9. The second kappa shape index (κ2) is 25.7. The number of carboxylic acids is 1. The minimum Gasteiger partial charge on any atom is -0.481 e. The first-order valence-corrected chi connectivity index (χ1v) is 27.9. The van der Waals surface area contributed by atoms with E-state index in [9.17, 15) is 67.7 Å². The number of nitrogens with two attached hydrogens (primary N) is 1. The monoisotopic (exact) mass is 1170 g/mol. The standard InChI is InChI=1S/C59H67FN10O15/c1-5-59(84)36-23-42-52-34(28-70(42)54(80)35(36)30-85-57(59)83)51-38(16-15-33-31(2)37(60)24-39(66-52)50(33)51)67-56(82)58(3,4)19-21-68(29-43(61)71)55(81)41(22-32-12-8-6-9-13-32)65-46(74)27-62-45(73)26-63-53(79)40(25-49(77)78)64-44(72)14-10-7-11-20-69-47(75)17-18-48(69)76/h6,8-9,12-13,17-18,23-24,38,40-41,84H,5,7,10-11,14-16,19-22,25-30H2,1-4H3,(H2,61,71)(H,62,73)(H,63,79)(H,64,72)(H,65,74)(H,67,82)(H,77,78)/t38-,40-,41-,59-/m0/s1. The van der Waals surface area contributed by atoms with Gasteiger partial charge in [0, 0.05) is 66.1 Å². The van der Waals surface area contributed by atoms with Crippen LogP contribution in [0.2, 0.25) is 0 Å².